The highest BCUT2D eigenvalue weighted by atomic mass is 16.6. The molecule has 1 aromatic heterocycles. The summed E-state index contributed by atoms with van der Waals surface area (Å²) in [5.74, 6) is 0.760. The highest BCUT2D eigenvalue weighted by molar-refractivity contribution is 5.73. The Labute approximate surface area is 177 Å². The number of ether oxygens (including phenoxy) is 1. The van der Waals surface area contributed by atoms with Gasteiger partial charge >= 0.3 is 5.97 Å². The summed E-state index contributed by atoms with van der Waals surface area (Å²) in [6, 6.07) is 0. The molecule has 0 saturated heterocycles. The van der Waals surface area contributed by atoms with Crippen molar-refractivity contribution < 1.29 is 19.1 Å². The molecule has 0 radical (unpaired) electrons. The van der Waals surface area contributed by atoms with Crippen molar-refractivity contribution in [2.24, 2.45) is 0 Å². The first-order valence-electron chi connectivity index (χ1n) is 11.8. The summed E-state index contributed by atoms with van der Waals surface area (Å²) in [5, 5.41) is 9.99. The van der Waals surface area contributed by atoms with Crippen molar-refractivity contribution in [3.63, 3.8) is 0 Å². The first kappa shape index (κ1) is 25.3. The Bertz CT molecular complexity index is 586. The number of hydrogen-bond acceptors (Lipinski definition) is 4. The average Bonchev–Trinajstić information content (AvgIpc) is 2.98. The maximum absolute atomic E-state index is 12.0. The summed E-state index contributed by atoms with van der Waals surface area (Å²) in [7, 11) is 0. The molecule has 0 fully saturated rings. The molecule has 0 atom stereocenters. The van der Waals surface area contributed by atoms with Gasteiger partial charge in [0.25, 0.3) is 0 Å². The van der Waals surface area contributed by atoms with Crippen LogP contribution in [0.4, 0.5) is 0 Å². The van der Waals surface area contributed by atoms with Crippen LogP contribution in [0, 0.1) is 6.92 Å². The number of furan rings is 1. The summed E-state index contributed by atoms with van der Waals surface area (Å²) in [6.45, 7) is 5.84. The number of aryl methyl sites for hydroxylation is 2. The topological polar surface area (TPSA) is 59.7 Å². The largest absolute Gasteiger partial charge is 0.502 e. The van der Waals surface area contributed by atoms with E-state index in [1.165, 1.54) is 57.8 Å². The van der Waals surface area contributed by atoms with E-state index in [9.17, 15) is 9.90 Å². The molecule has 0 bridgehead atoms. The van der Waals surface area contributed by atoms with Gasteiger partial charge in [-0.15, -0.1) is 0 Å². The highest BCUT2D eigenvalue weighted by Gasteiger charge is 2.19. The molecule has 0 aliphatic rings. The maximum Gasteiger partial charge on any atom is 0.311 e. The zero-order valence-electron chi connectivity index (χ0n) is 18.9. The van der Waals surface area contributed by atoms with E-state index in [0.717, 1.165) is 25.7 Å². The molecule has 0 aliphatic heterocycles. The first-order chi connectivity index (χ1) is 14.1. The van der Waals surface area contributed by atoms with E-state index < -0.39 is 0 Å². The molecule has 1 aromatic rings. The molecule has 4 heteroatoms. The van der Waals surface area contributed by atoms with Gasteiger partial charge in [-0.25, -0.2) is 0 Å². The van der Waals surface area contributed by atoms with Gasteiger partial charge in [0, 0.05) is 12.8 Å². The molecule has 166 valence electrons. The van der Waals surface area contributed by atoms with E-state index in [1.807, 2.05) is 6.92 Å². The lowest BCUT2D eigenvalue weighted by Crippen LogP contribution is -2.07. The number of esters is 1. The van der Waals surface area contributed by atoms with Gasteiger partial charge in [0.15, 0.2) is 0 Å². The van der Waals surface area contributed by atoms with Gasteiger partial charge in [0.1, 0.15) is 11.5 Å². The minimum atomic E-state index is -0.301. The first-order valence-corrected chi connectivity index (χ1v) is 11.8. The lowest BCUT2D eigenvalue weighted by Gasteiger charge is -2.04. The molecule has 1 rings (SSSR count). The normalized spacial score (nSPS) is 11.4. The molecule has 0 unspecified atom stereocenters. The van der Waals surface area contributed by atoms with Crippen molar-refractivity contribution in [2.45, 2.75) is 117 Å². The Morgan fingerprint density at radius 3 is 2.00 bits per heavy atom. The zero-order valence-corrected chi connectivity index (χ0v) is 18.9. The van der Waals surface area contributed by atoms with Gasteiger partial charge < -0.3 is 14.3 Å². The molecular formula is C25H42O4. The Morgan fingerprint density at radius 1 is 0.897 bits per heavy atom. The number of unbranched alkanes of at least 4 members (excludes halogenated alkanes) is 11. The van der Waals surface area contributed by atoms with Crippen LogP contribution in [0.1, 0.15) is 115 Å². The van der Waals surface area contributed by atoms with Crippen molar-refractivity contribution in [2.75, 3.05) is 0 Å². The van der Waals surface area contributed by atoms with Crippen molar-refractivity contribution in [1.29, 1.82) is 0 Å². The van der Waals surface area contributed by atoms with Crippen molar-refractivity contribution in [3.8, 4) is 11.5 Å². The summed E-state index contributed by atoms with van der Waals surface area (Å²) in [5.41, 5.74) is 0. The molecular weight excluding hydrogens is 364 g/mol. The Kier molecular flexibility index (Phi) is 14.1. The number of hydrogen-bond donors (Lipinski definition) is 1. The second-order valence-corrected chi connectivity index (χ2v) is 7.92. The third-order valence-electron chi connectivity index (χ3n) is 5.25. The quantitative estimate of drug-likeness (QED) is 0.163. The van der Waals surface area contributed by atoms with E-state index in [0.29, 0.717) is 24.4 Å². The standard InChI is InChI=1S/C25H42O4/c1-4-6-7-8-9-10-11-12-13-14-15-16-17-18-19-20-23(26)29-25-21(3)28-22(5-2)24(25)27/h12-13,27H,4-11,14-20H2,1-3H3. The van der Waals surface area contributed by atoms with Crippen molar-refractivity contribution in [1.82, 2.24) is 0 Å². The fraction of sp³-hybridized carbons (Fsp3) is 0.720. The van der Waals surface area contributed by atoms with Crippen LogP contribution < -0.4 is 4.74 Å². The maximum atomic E-state index is 12.0. The second kappa shape index (κ2) is 16.1. The summed E-state index contributed by atoms with van der Waals surface area (Å²) >= 11 is 0. The minimum Gasteiger partial charge on any atom is -0.502 e. The molecule has 0 amide bonds. The van der Waals surface area contributed by atoms with Crippen LogP contribution in [0.3, 0.4) is 0 Å². The summed E-state index contributed by atoms with van der Waals surface area (Å²) in [6.07, 6.45) is 21.6. The van der Waals surface area contributed by atoms with E-state index in [2.05, 4.69) is 19.1 Å². The second-order valence-electron chi connectivity index (χ2n) is 7.92. The molecule has 0 aromatic carbocycles. The van der Waals surface area contributed by atoms with Crippen molar-refractivity contribution >= 4 is 5.97 Å². The van der Waals surface area contributed by atoms with Gasteiger partial charge in [-0.2, -0.15) is 0 Å². The molecule has 1 heterocycles. The molecule has 4 nitrogen and oxygen atoms in total. The van der Waals surface area contributed by atoms with Crippen LogP contribution in [0.25, 0.3) is 0 Å². The van der Waals surface area contributed by atoms with E-state index in [-0.39, 0.29) is 17.5 Å². The Morgan fingerprint density at radius 2 is 1.45 bits per heavy atom. The van der Waals surface area contributed by atoms with E-state index in [4.69, 9.17) is 9.15 Å². The average molecular weight is 407 g/mol. The minimum absolute atomic E-state index is 0.0390. The van der Waals surface area contributed by atoms with E-state index >= 15 is 0 Å². The number of rotatable bonds is 17. The van der Waals surface area contributed by atoms with Crippen molar-refractivity contribution in [3.05, 3.63) is 23.7 Å². The van der Waals surface area contributed by atoms with Crippen LogP contribution >= 0.6 is 0 Å². The Balaban J connectivity index is 1.97. The monoisotopic (exact) mass is 406 g/mol. The predicted molar refractivity (Wildman–Crippen MR) is 120 cm³/mol. The fourth-order valence-electron chi connectivity index (χ4n) is 3.44. The molecule has 0 aliphatic carbocycles. The van der Waals surface area contributed by atoms with Crippen LogP contribution in [0.5, 0.6) is 11.5 Å². The third kappa shape index (κ3) is 11.2. The zero-order chi connectivity index (χ0) is 21.3. The summed E-state index contributed by atoms with van der Waals surface area (Å²) < 4.78 is 10.7. The van der Waals surface area contributed by atoms with Gasteiger partial charge in [-0.1, -0.05) is 77.4 Å². The van der Waals surface area contributed by atoms with Crippen LogP contribution in [-0.2, 0) is 11.2 Å². The van der Waals surface area contributed by atoms with Gasteiger partial charge in [0.2, 0.25) is 11.5 Å². The van der Waals surface area contributed by atoms with Gasteiger partial charge in [-0.3, -0.25) is 4.79 Å². The molecule has 0 saturated carbocycles. The lowest BCUT2D eigenvalue weighted by molar-refractivity contribution is -0.134. The fourth-order valence-corrected chi connectivity index (χ4v) is 3.44. The van der Waals surface area contributed by atoms with E-state index in [1.54, 1.807) is 6.92 Å². The highest BCUT2D eigenvalue weighted by Crippen LogP contribution is 2.37. The molecule has 29 heavy (non-hydrogen) atoms. The number of carbonyl (C=O) groups excluding carboxylic acids is 1. The van der Waals surface area contributed by atoms with Crippen LogP contribution in [0.2, 0.25) is 0 Å². The predicted octanol–water partition coefficient (Wildman–Crippen LogP) is 7.80. The Hall–Kier alpha value is -1.71. The third-order valence-corrected chi connectivity index (χ3v) is 5.25. The van der Waals surface area contributed by atoms with Gasteiger partial charge in [-0.05, 0) is 39.0 Å². The number of allylic oxidation sites excluding steroid dienone is 2. The number of carbonyl (C=O) groups is 1. The molecule has 1 N–H and O–H groups in total. The summed E-state index contributed by atoms with van der Waals surface area (Å²) in [4.78, 5) is 12.0. The van der Waals surface area contributed by atoms with Gasteiger partial charge in [0.05, 0.1) is 0 Å². The SMILES string of the molecule is CCCCCCCCC=CCCCCCCCC(=O)Oc1c(C)oc(CC)c1O. The van der Waals surface area contributed by atoms with Crippen LogP contribution in [-0.4, -0.2) is 11.1 Å². The van der Waals surface area contributed by atoms with Crippen LogP contribution in [0.15, 0.2) is 16.6 Å². The number of aromatic hydroxyl groups is 1. The lowest BCUT2D eigenvalue weighted by atomic mass is 10.1. The smallest absolute Gasteiger partial charge is 0.311 e. The molecule has 0 spiro atoms.